The number of halogens is 1. The highest BCUT2D eigenvalue weighted by molar-refractivity contribution is 6.04. The predicted molar refractivity (Wildman–Crippen MR) is 135 cm³/mol. The van der Waals surface area contributed by atoms with Crippen LogP contribution in [0.1, 0.15) is 38.3 Å². The first-order valence-electron chi connectivity index (χ1n) is 11.8. The van der Waals surface area contributed by atoms with E-state index in [0.717, 1.165) is 41.1 Å². The Kier molecular flexibility index (Phi) is 7.03. The first-order valence-corrected chi connectivity index (χ1v) is 11.8. The number of carbonyl (C=O) groups is 1. The number of carbonyl (C=O) groups excluding carboxylic acids is 1. The molecule has 7 nitrogen and oxygen atoms in total. The fourth-order valence-electron chi connectivity index (χ4n) is 4.15. The molecular weight excluding hydrogens is 457 g/mol. The Labute approximate surface area is 208 Å². The van der Waals surface area contributed by atoms with Crippen LogP contribution in [0, 0.1) is 18.8 Å². The van der Waals surface area contributed by atoms with E-state index >= 15 is 0 Å². The predicted octanol–water partition coefficient (Wildman–Crippen LogP) is 3.99. The van der Waals surface area contributed by atoms with Gasteiger partial charge in [-0.1, -0.05) is 18.1 Å². The number of alkyl halides is 1. The summed E-state index contributed by atoms with van der Waals surface area (Å²) in [5, 5.41) is 2.90. The van der Waals surface area contributed by atoms with Crippen molar-refractivity contribution in [1.29, 1.82) is 0 Å². The molecule has 0 bridgehead atoms. The average molecular weight is 484 g/mol. The van der Waals surface area contributed by atoms with Gasteiger partial charge in [0.05, 0.1) is 25.6 Å². The number of nitrogens with zero attached hydrogens (tertiary/aromatic N) is 4. The number of hydrogen-bond donors (Lipinski definition) is 1. The molecule has 0 unspecified atom stereocenters. The summed E-state index contributed by atoms with van der Waals surface area (Å²) in [5.41, 5.74) is 5.70. The first kappa shape index (κ1) is 23.7. The number of ether oxygens (including phenoxy) is 1. The standard InChI is InChI=1S/C28H26FN5O2/c1-20-2-3-22(14-21(20)5-7-26-17-31-27-18-30-8-9-34(26)27)28(35)32-25-6-4-23(24(15-25)16-29)19-33-10-12-36-13-11-33/h2-4,6,8-9,14-15,17-18H,10-13,16,19H2,1H3,(H,32,35). The smallest absolute Gasteiger partial charge is 0.255 e. The second-order valence-electron chi connectivity index (χ2n) is 8.69. The summed E-state index contributed by atoms with van der Waals surface area (Å²) in [4.78, 5) is 23.6. The third-order valence-electron chi connectivity index (χ3n) is 6.25. The van der Waals surface area contributed by atoms with Gasteiger partial charge in [-0.3, -0.25) is 19.1 Å². The van der Waals surface area contributed by atoms with Gasteiger partial charge in [-0.2, -0.15) is 0 Å². The molecule has 0 radical (unpaired) electrons. The summed E-state index contributed by atoms with van der Waals surface area (Å²) >= 11 is 0. The lowest BCUT2D eigenvalue weighted by Crippen LogP contribution is -2.35. The highest BCUT2D eigenvalue weighted by Crippen LogP contribution is 2.21. The molecule has 8 heteroatoms. The number of anilines is 1. The number of hydrogen-bond acceptors (Lipinski definition) is 5. The second-order valence-corrected chi connectivity index (χ2v) is 8.69. The van der Waals surface area contributed by atoms with E-state index in [2.05, 4.69) is 32.0 Å². The van der Waals surface area contributed by atoms with Crippen molar-refractivity contribution in [2.45, 2.75) is 20.1 Å². The van der Waals surface area contributed by atoms with Gasteiger partial charge >= 0.3 is 0 Å². The highest BCUT2D eigenvalue weighted by atomic mass is 19.1. The van der Waals surface area contributed by atoms with Gasteiger partial charge in [0.25, 0.3) is 5.91 Å². The normalized spacial score (nSPS) is 13.8. The van der Waals surface area contributed by atoms with Crippen molar-refractivity contribution in [3.8, 4) is 11.8 Å². The van der Waals surface area contributed by atoms with E-state index in [1.54, 1.807) is 43.0 Å². The molecule has 0 saturated carbocycles. The molecule has 0 spiro atoms. The number of rotatable bonds is 5. The number of aromatic nitrogens is 3. The molecule has 2 aromatic carbocycles. The number of benzene rings is 2. The van der Waals surface area contributed by atoms with E-state index in [1.165, 1.54) is 0 Å². The Bertz CT molecular complexity index is 1460. The third kappa shape index (κ3) is 5.28. The molecule has 1 fully saturated rings. The minimum atomic E-state index is -0.590. The Hall–Kier alpha value is -4.06. The van der Waals surface area contributed by atoms with Gasteiger partial charge in [-0.25, -0.2) is 9.37 Å². The summed E-state index contributed by atoms with van der Waals surface area (Å²) in [6.07, 6.45) is 6.85. The molecule has 1 aliphatic rings. The number of imidazole rings is 1. The van der Waals surface area contributed by atoms with Crippen LogP contribution in [-0.2, 0) is 18.0 Å². The van der Waals surface area contributed by atoms with Crippen LogP contribution in [0.3, 0.4) is 0 Å². The lowest BCUT2D eigenvalue weighted by Gasteiger charge is -2.27. The largest absolute Gasteiger partial charge is 0.379 e. The number of nitrogens with one attached hydrogen (secondary N) is 1. The van der Waals surface area contributed by atoms with Gasteiger partial charge in [0.15, 0.2) is 5.65 Å². The topological polar surface area (TPSA) is 71.8 Å². The first-order chi connectivity index (χ1) is 17.6. The van der Waals surface area contributed by atoms with Crippen LogP contribution in [0.2, 0.25) is 0 Å². The molecule has 5 rings (SSSR count). The van der Waals surface area contributed by atoms with E-state index in [1.807, 2.05) is 29.5 Å². The monoisotopic (exact) mass is 483 g/mol. The van der Waals surface area contributed by atoms with Crippen molar-refractivity contribution in [2.75, 3.05) is 31.6 Å². The second kappa shape index (κ2) is 10.7. The summed E-state index contributed by atoms with van der Waals surface area (Å²) in [6, 6.07) is 10.8. The molecule has 0 atom stereocenters. The van der Waals surface area contributed by atoms with Crippen LogP contribution >= 0.6 is 0 Å². The molecule has 1 aliphatic heterocycles. The molecule has 182 valence electrons. The molecule has 36 heavy (non-hydrogen) atoms. The Morgan fingerprint density at radius 2 is 1.97 bits per heavy atom. The van der Waals surface area contributed by atoms with Crippen LogP contribution in [0.5, 0.6) is 0 Å². The fraction of sp³-hybridized carbons (Fsp3) is 0.250. The molecule has 2 aromatic heterocycles. The molecular formula is C28H26FN5O2. The van der Waals surface area contributed by atoms with Crippen molar-refractivity contribution < 1.29 is 13.9 Å². The van der Waals surface area contributed by atoms with Crippen LogP contribution < -0.4 is 5.32 Å². The SMILES string of the molecule is Cc1ccc(C(=O)Nc2ccc(CN3CCOCC3)c(CF)c2)cc1C#Cc1cnc2cnccn12. The maximum atomic E-state index is 13.8. The summed E-state index contributed by atoms with van der Waals surface area (Å²) < 4.78 is 21.0. The van der Waals surface area contributed by atoms with Crippen molar-refractivity contribution in [3.63, 3.8) is 0 Å². The minimum Gasteiger partial charge on any atom is -0.379 e. The van der Waals surface area contributed by atoms with Gasteiger partial charge < -0.3 is 10.1 Å². The zero-order valence-corrected chi connectivity index (χ0v) is 20.0. The molecule has 3 heterocycles. The zero-order valence-electron chi connectivity index (χ0n) is 20.0. The van der Waals surface area contributed by atoms with Gasteiger partial charge in [0.1, 0.15) is 12.4 Å². The van der Waals surface area contributed by atoms with E-state index in [9.17, 15) is 9.18 Å². The maximum Gasteiger partial charge on any atom is 0.255 e. The molecule has 1 amide bonds. The van der Waals surface area contributed by atoms with Crippen molar-refractivity contribution in [2.24, 2.45) is 0 Å². The molecule has 4 aromatic rings. The maximum absolute atomic E-state index is 13.8. The van der Waals surface area contributed by atoms with Gasteiger partial charge in [-0.05, 0) is 53.8 Å². The summed E-state index contributed by atoms with van der Waals surface area (Å²) in [5.74, 6) is 6.02. The highest BCUT2D eigenvalue weighted by Gasteiger charge is 2.14. The summed E-state index contributed by atoms with van der Waals surface area (Å²) in [6.45, 7) is 5.07. The van der Waals surface area contributed by atoms with Crippen molar-refractivity contribution >= 4 is 17.2 Å². The van der Waals surface area contributed by atoms with Crippen LogP contribution in [0.15, 0.2) is 61.2 Å². The van der Waals surface area contributed by atoms with Gasteiger partial charge in [-0.15, -0.1) is 0 Å². The fourth-order valence-corrected chi connectivity index (χ4v) is 4.15. The van der Waals surface area contributed by atoms with Crippen molar-refractivity contribution in [1.82, 2.24) is 19.3 Å². The average Bonchev–Trinajstić information content (AvgIpc) is 3.32. The lowest BCUT2D eigenvalue weighted by atomic mass is 10.0. The Morgan fingerprint density at radius 3 is 2.81 bits per heavy atom. The molecule has 1 N–H and O–H groups in total. The van der Waals surface area contributed by atoms with Crippen LogP contribution in [0.4, 0.5) is 10.1 Å². The van der Waals surface area contributed by atoms with Crippen LogP contribution in [0.25, 0.3) is 5.65 Å². The number of amides is 1. The number of aryl methyl sites for hydroxylation is 1. The molecule has 1 saturated heterocycles. The Balaban J connectivity index is 1.32. The Morgan fingerprint density at radius 1 is 1.11 bits per heavy atom. The zero-order chi connectivity index (χ0) is 24.9. The summed E-state index contributed by atoms with van der Waals surface area (Å²) in [7, 11) is 0. The number of morpholine rings is 1. The quantitative estimate of drug-likeness (QED) is 0.435. The lowest BCUT2D eigenvalue weighted by molar-refractivity contribution is 0.0340. The third-order valence-corrected chi connectivity index (χ3v) is 6.25. The van der Waals surface area contributed by atoms with Crippen LogP contribution in [-0.4, -0.2) is 51.5 Å². The van der Waals surface area contributed by atoms with E-state index < -0.39 is 6.67 Å². The van der Waals surface area contributed by atoms with Gasteiger partial charge in [0.2, 0.25) is 0 Å². The van der Waals surface area contributed by atoms with E-state index in [-0.39, 0.29) is 5.91 Å². The van der Waals surface area contributed by atoms with E-state index in [4.69, 9.17) is 4.74 Å². The number of fused-ring (bicyclic) bond motifs is 1. The van der Waals surface area contributed by atoms with E-state index in [0.29, 0.717) is 36.6 Å². The molecule has 0 aliphatic carbocycles. The van der Waals surface area contributed by atoms with Crippen molar-refractivity contribution in [3.05, 3.63) is 94.7 Å². The van der Waals surface area contributed by atoms with Gasteiger partial charge in [0, 0.05) is 48.8 Å². The minimum absolute atomic E-state index is 0.273.